The second kappa shape index (κ2) is 3.07. The molecule has 5 nitrogen and oxygen atoms in total. The van der Waals surface area contributed by atoms with Gasteiger partial charge in [0.05, 0.1) is 5.69 Å². The van der Waals surface area contributed by atoms with Gasteiger partial charge in [0.1, 0.15) is 12.4 Å². The lowest BCUT2D eigenvalue weighted by molar-refractivity contribution is -0.119. The van der Waals surface area contributed by atoms with Crippen LogP contribution in [0.25, 0.3) is 0 Å². The second-order valence-electron chi connectivity index (χ2n) is 2.01. The first-order valence-corrected chi connectivity index (χ1v) is 3.02. The van der Waals surface area contributed by atoms with E-state index >= 15 is 0 Å². The molecule has 5 heteroatoms. The molecule has 0 bridgehead atoms. The molecule has 0 radical (unpaired) electrons. The minimum atomic E-state index is -0.835. The van der Waals surface area contributed by atoms with E-state index in [4.69, 9.17) is 11.5 Å². The summed E-state index contributed by atoms with van der Waals surface area (Å²) in [6, 6.07) is 0.716. The van der Waals surface area contributed by atoms with E-state index < -0.39 is 11.9 Å². The van der Waals surface area contributed by atoms with Gasteiger partial charge >= 0.3 is 0 Å². The van der Waals surface area contributed by atoms with Crippen molar-refractivity contribution >= 4 is 5.91 Å². The molecule has 0 fully saturated rings. The highest BCUT2D eigenvalue weighted by molar-refractivity contribution is 5.80. The maximum Gasteiger partial charge on any atom is 0.240 e. The lowest BCUT2D eigenvalue weighted by Crippen LogP contribution is -2.28. The zero-order valence-electron chi connectivity index (χ0n) is 5.77. The molecule has 0 aliphatic carbocycles. The molecule has 58 valence electrons. The summed E-state index contributed by atoms with van der Waals surface area (Å²) in [4.78, 5) is 18.0. The Morgan fingerprint density at radius 1 is 1.64 bits per heavy atom. The van der Waals surface area contributed by atoms with E-state index in [1.54, 1.807) is 6.07 Å². The van der Waals surface area contributed by atoms with E-state index in [0.717, 1.165) is 0 Å². The van der Waals surface area contributed by atoms with Crippen LogP contribution >= 0.6 is 0 Å². The van der Waals surface area contributed by atoms with Crippen LogP contribution in [0, 0.1) is 0 Å². The third kappa shape index (κ3) is 1.71. The fourth-order valence-electron chi connectivity index (χ4n) is 0.631. The number of hydrogen-bond donors (Lipinski definition) is 2. The van der Waals surface area contributed by atoms with Gasteiger partial charge in [-0.3, -0.25) is 4.79 Å². The molecule has 11 heavy (non-hydrogen) atoms. The monoisotopic (exact) mass is 152 g/mol. The van der Waals surface area contributed by atoms with Crippen LogP contribution in [0.1, 0.15) is 11.7 Å². The van der Waals surface area contributed by atoms with Gasteiger partial charge in [0.15, 0.2) is 0 Å². The van der Waals surface area contributed by atoms with Crippen molar-refractivity contribution in [1.82, 2.24) is 9.97 Å². The summed E-state index contributed by atoms with van der Waals surface area (Å²) in [5.74, 6) is -0.594. The first-order valence-electron chi connectivity index (χ1n) is 3.02. The quantitative estimate of drug-likeness (QED) is 0.566. The maximum absolute atomic E-state index is 10.5. The zero-order valence-corrected chi connectivity index (χ0v) is 5.77. The Morgan fingerprint density at radius 2 is 2.36 bits per heavy atom. The van der Waals surface area contributed by atoms with Crippen LogP contribution in [-0.2, 0) is 4.79 Å². The third-order valence-corrected chi connectivity index (χ3v) is 1.23. The summed E-state index contributed by atoms with van der Waals surface area (Å²) >= 11 is 0. The Bertz CT molecular complexity index is 248. The molecule has 0 aromatic carbocycles. The molecular weight excluding hydrogens is 144 g/mol. The second-order valence-corrected chi connectivity index (χ2v) is 2.01. The van der Waals surface area contributed by atoms with E-state index in [0.29, 0.717) is 5.69 Å². The SMILES string of the molecule is NC(=O)C(N)c1ccncn1. The van der Waals surface area contributed by atoms with Crippen LogP contribution < -0.4 is 11.5 Å². The van der Waals surface area contributed by atoms with Gasteiger partial charge in [-0.05, 0) is 6.07 Å². The summed E-state index contributed by atoms with van der Waals surface area (Å²) < 4.78 is 0. The highest BCUT2D eigenvalue weighted by Gasteiger charge is 2.11. The van der Waals surface area contributed by atoms with Crippen molar-refractivity contribution in [2.75, 3.05) is 0 Å². The normalized spacial score (nSPS) is 12.5. The number of hydrogen-bond acceptors (Lipinski definition) is 4. The van der Waals surface area contributed by atoms with Crippen LogP contribution in [0.4, 0.5) is 0 Å². The number of nitrogens with two attached hydrogens (primary N) is 2. The minimum absolute atomic E-state index is 0.438. The number of primary amides is 1. The molecule has 4 N–H and O–H groups in total. The molecule has 1 rings (SSSR count). The van der Waals surface area contributed by atoms with Crippen molar-refractivity contribution in [3.63, 3.8) is 0 Å². The van der Waals surface area contributed by atoms with Crippen molar-refractivity contribution < 1.29 is 4.79 Å². The Hall–Kier alpha value is -1.49. The lowest BCUT2D eigenvalue weighted by Gasteiger charge is -2.03. The highest BCUT2D eigenvalue weighted by Crippen LogP contribution is 2.02. The zero-order chi connectivity index (χ0) is 8.27. The van der Waals surface area contributed by atoms with Crippen LogP contribution in [0.2, 0.25) is 0 Å². The van der Waals surface area contributed by atoms with E-state index in [-0.39, 0.29) is 0 Å². The fourth-order valence-corrected chi connectivity index (χ4v) is 0.631. The molecule has 0 saturated carbocycles. The Kier molecular flexibility index (Phi) is 2.12. The van der Waals surface area contributed by atoms with Crippen molar-refractivity contribution in [2.24, 2.45) is 11.5 Å². The minimum Gasteiger partial charge on any atom is -0.368 e. The summed E-state index contributed by atoms with van der Waals surface area (Å²) in [5, 5.41) is 0. The van der Waals surface area contributed by atoms with E-state index in [1.807, 2.05) is 0 Å². The molecule has 0 spiro atoms. The summed E-state index contributed by atoms with van der Waals surface area (Å²) in [7, 11) is 0. The third-order valence-electron chi connectivity index (χ3n) is 1.23. The van der Waals surface area contributed by atoms with Crippen molar-refractivity contribution in [3.8, 4) is 0 Å². The molecule has 1 unspecified atom stereocenters. The van der Waals surface area contributed by atoms with E-state index in [2.05, 4.69) is 9.97 Å². The average Bonchev–Trinajstić information content (AvgIpc) is 2.05. The van der Waals surface area contributed by atoms with Gasteiger partial charge in [0, 0.05) is 6.20 Å². The Balaban J connectivity index is 2.85. The van der Waals surface area contributed by atoms with Gasteiger partial charge in [0.2, 0.25) is 5.91 Å². The number of amides is 1. The Morgan fingerprint density at radius 3 is 2.82 bits per heavy atom. The maximum atomic E-state index is 10.5. The topological polar surface area (TPSA) is 94.9 Å². The van der Waals surface area contributed by atoms with Crippen LogP contribution in [-0.4, -0.2) is 15.9 Å². The molecule has 1 heterocycles. The van der Waals surface area contributed by atoms with Gasteiger partial charge in [-0.15, -0.1) is 0 Å². The van der Waals surface area contributed by atoms with E-state index in [9.17, 15) is 4.79 Å². The van der Waals surface area contributed by atoms with E-state index in [1.165, 1.54) is 12.5 Å². The number of aromatic nitrogens is 2. The van der Waals surface area contributed by atoms with Crippen LogP contribution in [0.5, 0.6) is 0 Å². The van der Waals surface area contributed by atoms with Crippen molar-refractivity contribution in [3.05, 3.63) is 24.3 Å². The van der Waals surface area contributed by atoms with Crippen molar-refractivity contribution in [1.29, 1.82) is 0 Å². The van der Waals surface area contributed by atoms with Gasteiger partial charge in [-0.25, -0.2) is 9.97 Å². The highest BCUT2D eigenvalue weighted by atomic mass is 16.1. The molecule has 0 aliphatic heterocycles. The first kappa shape index (κ1) is 7.62. The Labute approximate surface area is 63.4 Å². The average molecular weight is 152 g/mol. The summed E-state index contributed by atoms with van der Waals surface area (Å²) in [6.07, 6.45) is 2.82. The van der Waals surface area contributed by atoms with Crippen LogP contribution in [0.15, 0.2) is 18.6 Å². The molecule has 1 aromatic rings. The van der Waals surface area contributed by atoms with Gasteiger partial charge in [0.25, 0.3) is 0 Å². The largest absolute Gasteiger partial charge is 0.368 e. The van der Waals surface area contributed by atoms with Gasteiger partial charge < -0.3 is 11.5 Å². The van der Waals surface area contributed by atoms with Gasteiger partial charge in [-0.1, -0.05) is 0 Å². The summed E-state index contributed by atoms with van der Waals surface area (Å²) in [6.45, 7) is 0. The van der Waals surface area contributed by atoms with Crippen molar-refractivity contribution in [2.45, 2.75) is 6.04 Å². The molecule has 1 aromatic heterocycles. The molecule has 0 aliphatic rings. The first-order chi connectivity index (χ1) is 5.22. The standard InChI is InChI=1S/C6H8N4O/c7-5(6(8)11)4-1-2-9-3-10-4/h1-3,5H,7H2,(H2,8,11). The molecule has 0 saturated heterocycles. The molecular formula is C6H8N4O. The number of nitrogens with zero attached hydrogens (tertiary/aromatic N) is 2. The summed E-state index contributed by atoms with van der Waals surface area (Å²) in [5.41, 5.74) is 10.8. The number of carbonyl (C=O) groups is 1. The number of carbonyl (C=O) groups excluding carboxylic acids is 1. The lowest BCUT2D eigenvalue weighted by atomic mass is 10.2. The molecule has 1 atom stereocenters. The predicted octanol–water partition coefficient (Wildman–Crippen LogP) is -1.04. The smallest absolute Gasteiger partial charge is 0.240 e. The van der Waals surface area contributed by atoms with Crippen LogP contribution in [0.3, 0.4) is 0 Å². The number of rotatable bonds is 2. The van der Waals surface area contributed by atoms with Gasteiger partial charge in [-0.2, -0.15) is 0 Å². The predicted molar refractivity (Wildman–Crippen MR) is 38.2 cm³/mol. The fraction of sp³-hybridized carbons (Fsp3) is 0.167. The molecule has 1 amide bonds.